The molecule has 120 valence electrons. The van der Waals surface area contributed by atoms with Gasteiger partial charge in [0.15, 0.2) is 0 Å². The van der Waals surface area contributed by atoms with Gasteiger partial charge in [0.25, 0.3) is 0 Å². The third-order valence-electron chi connectivity index (χ3n) is 3.94. The molecule has 0 spiro atoms. The standard InChI is InChI=1S/C17H25N3O2/c1-19(2)11-8-18-17(22)7-10-20-9-3-4-15-12-14(13-21)5-6-16(15)20/h5-6,12-13H,3-4,7-11H2,1-2H3,(H,18,22). The number of aldehydes is 1. The molecular weight excluding hydrogens is 278 g/mol. The van der Waals surface area contributed by atoms with Gasteiger partial charge >= 0.3 is 0 Å². The molecule has 5 heteroatoms. The lowest BCUT2D eigenvalue weighted by Gasteiger charge is -2.31. The maximum absolute atomic E-state index is 11.9. The molecule has 0 saturated carbocycles. The lowest BCUT2D eigenvalue weighted by atomic mass is 9.99. The van der Waals surface area contributed by atoms with Crippen molar-refractivity contribution in [2.45, 2.75) is 19.3 Å². The molecule has 0 unspecified atom stereocenters. The van der Waals surface area contributed by atoms with Crippen LogP contribution in [0.15, 0.2) is 18.2 Å². The lowest BCUT2D eigenvalue weighted by Crippen LogP contribution is -2.36. The molecule has 1 aromatic rings. The zero-order valence-electron chi connectivity index (χ0n) is 13.5. The Balaban J connectivity index is 1.87. The number of rotatable bonds is 7. The lowest BCUT2D eigenvalue weighted by molar-refractivity contribution is -0.120. The molecule has 0 aromatic heterocycles. The van der Waals surface area contributed by atoms with E-state index in [2.05, 4.69) is 10.2 Å². The Hall–Kier alpha value is -1.88. The summed E-state index contributed by atoms with van der Waals surface area (Å²) >= 11 is 0. The minimum atomic E-state index is 0.0958. The quantitative estimate of drug-likeness (QED) is 0.772. The molecule has 1 amide bonds. The van der Waals surface area contributed by atoms with Crippen LogP contribution in [0.3, 0.4) is 0 Å². The molecule has 5 nitrogen and oxygen atoms in total. The van der Waals surface area contributed by atoms with Crippen molar-refractivity contribution in [1.29, 1.82) is 0 Å². The monoisotopic (exact) mass is 303 g/mol. The van der Waals surface area contributed by atoms with E-state index in [9.17, 15) is 9.59 Å². The summed E-state index contributed by atoms with van der Waals surface area (Å²) in [5, 5.41) is 2.94. The van der Waals surface area contributed by atoms with Crippen LogP contribution in [0.1, 0.15) is 28.8 Å². The maximum Gasteiger partial charge on any atom is 0.221 e. The molecule has 22 heavy (non-hydrogen) atoms. The molecule has 0 aliphatic carbocycles. The average Bonchev–Trinajstić information content (AvgIpc) is 2.51. The van der Waals surface area contributed by atoms with E-state index in [-0.39, 0.29) is 5.91 Å². The predicted octanol–water partition coefficient (Wildman–Crippen LogP) is 1.32. The topological polar surface area (TPSA) is 52.7 Å². The Labute approximate surface area is 132 Å². The minimum absolute atomic E-state index is 0.0958. The number of nitrogens with zero attached hydrogens (tertiary/aromatic N) is 2. The largest absolute Gasteiger partial charge is 0.371 e. The third kappa shape index (κ3) is 4.56. The van der Waals surface area contributed by atoms with E-state index in [1.165, 1.54) is 5.56 Å². The number of hydrogen-bond acceptors (Lipinski definition) is 4. The minimum Gasteiger partial charge on any atom is -0.371 e. The zero-order valence-corrected chi connectivity index (χ0v) is 13.5. The molecule has 0 radical (unpaired) electrons. The molecule has 1 aliphatic rings. The van der Waals surface area contributed by atoms with Crippen LogP contribution in [0.4, 0.5) is 5.69 Å². The van der Waals surface area contributed by atoms with Crippen LogP contribution in [0.2, 0.25) is 0 Å². The highest BCUT2D eigenvalue weighted by molar-refractivity contribution is 5.78. The van der Waals surface area contributed by atoms with Crippen molar-refractivity contribution in [3.63, 3.8) is 0 Å². The fourth-order valence-electron chi connectivity index (χ4n) is 2.74. The van der Waals surface area contributed by atoms with Gasteiger partial charge in [0.2, 0.25) is 5.91 Å². The second-order valence-electron chi connectivity index (χ2n) is 6.00. The number of fused-ring (bicyclic) bond motifs is 1. The molecular formula is C17H25N3O2. The summed E-state index contributed by atoms with van der Waals surface area (Å²) in [6.45, 7) is 3.23. The Morgan fingerprint density at radius 1 is 1.41 bits per heavy atom. The fraction of sp³-hybridized carbons (Fsp3) is 0.529. The van der Waals surface area contributed by atoms with E-state index in [0.717, 1.165) is 50.0 Å². The molecule has 0 fully saturated rings. The van der Waals surface area contributed by atoms with Crippen LogP contribution < -0.4 is 10.2 Å². The van der Waals surface area contributed by atoms with Crippen LogP contribution in [0.25, 0.3) is 0 Å². The molecule has 0 atom stereocenters. The number of amides is 1. The third-order valence-corrected chi connectivity index (χ3v) is 3.94. The normalized spacial score (nSPS) is 13.9. The van der Waals surface area contributed by atoms with Gasteiger partial charge in [0.05, 0.1) is 0 Å². The van der Waals surface area contributed by atoms with E-state index >= 15 is 0 Å². The number of carbonyl (C=O) groups excluding carboxylic acids is 2. The van der Waals surface area contributed by atoms with Crippen molar-refractivity contribution < 1.29 is 9.59 Å². The van der Waals surface area contributed by atoms with Gasteiger partial charge in [-0.2, -0.15) is 0 Å². The Bertz CT molecular complexity index is 529. The SMILES string of the molecule is CN(C)CCNC(=O)CCN1CCCc2cc(C=O)ccc21. The van der Waals surface area contributed by atoms with Crippen LogP contribution in [-0.2, 0) is 11.2 Å². The number of likely N-dealkylation sites (N-methyl/N-ethyl adjacent to an activating group) is 1. The Morgan fingerprint density at radius 3 is 2.95 bits per heavy atom. The first-order valence-electron chi connectivity index (χ1n) is 7.84. The summed E-state index contributed by atoms with van der Waals surface area (Å²) in [5.41, 5.74) is 3.10. The number of hydrogen-bond donors (Lipinski definition) is 1. The summed E-state index contributed by atoms with van der Waals surface area (Å²) in [7, 11) is 3.98. The van der Waals surface area contributed by atoms with Gasteiger partial charge in [-0.25, -0.2) is 0 Å². The van der Waals surface area contributed by atoms with Gasteiger partial charge in [-0.1, -0.05) is 0 Å². The van der Waals surface area contributed by atoms with Crippen LogP contribution in [-0.4, -0.2) is 57.4 Å². The first kappa shape index (κ1) is 16.5. The maximum atomic E-state index is 11.9. The second kappa shape index (κ2) is 7.94. The molecule has 0 saturated heterocycles. The van der Waals surface area contributed by atoms with Crippen LogP contribution in [0.5, 0.6) is 0 Å². The molecule has 0 bridgehead atoms. The van der Waals surface area contributed by atoms with Crippen LogP contribution >= 0.6 is 0 Å². The van der Waals surface area contributed by atoms with E-state index < -0.39 is 0 Å². The van der Waals surface area contributed by atoms with Crippen molar-refractivity contribution in [3.8, 4) is 0 Å². The highest BCUT2D eigenvalue weighted by atomic mass is 16.1. The average molecular weight is 303 g/mol. The Morgan fingerprint density at radius 2 is 2.23 bits per heavy atom. The number of carbonyl (C=O) groups is 2. The Kier molecular flexibility index (Phi) is 5.95. The predicted molar refractivity (Wildman–Crippen MR) is 88.5 cm³/mol. The van der Waals surface area contributed by atoms with E-state index in [0.29, 0.717) is 13.0 Å². The van der Waals surface area contributed by atoms with Gasteiger partial charge in [-0.05, 0) is 50.7 Å². The fourth-order valence-corrected chi connectivity index (χ4v) is 2.74. The van der Waals surface area contributed by atoms with Gasteiger partial charge in [0.1, 0.15) is 6.29 Å². The first-order valence-corrected chi connectivity index (χ1v) is 7.84. The van der Waals surface area contributed by atoms with Crippen molar-refractivity contribution >= 4 is 17.9 Å². The zero-order chi connectivity index (χ0) is 15.9. The van der Waals surface area contributed by atoms with Gasteiger partial charge in [-0.15, -0.1) is 0 Å². The summed E-state index contributed by atoms with van der Waals surface area (Å²) in [6.07, 6.45) is 3.46. The highest BCUT2D eigenvalue weighted by Crippen LogP contribution is 2.27. The van der Waals surface area contributed by atoms with Gasteiger partial charge in [0, 0.05) is 43.9 Å². The van der Waals surface area contributed by atoms with Crippen LogP contribution in [0, 0.1) is 0 Å². The number of nitrogens with one attached hydrogen (secondary N) is 1. The number of anilines is 1. The summed E-state index contributed by atoms with van der Waals surface area (Å²) in [5.74, 6) is 0.0958. The molecule has 1 heterocycles. The smallest absolute Gasteiger partial charge is 0.221 e. The van der Waals surface area contributed by atoms with Crippen molar-refractivity contribution in [1.82, 2.24) is 10.2 Å². The van der Waals surface area contributed by atoms with E-state index in [4.69, 9.17) is 0 Å². The van der Waals surface area contributed by atoms with Crippen molar-refractivity contribution in [2.24, 2.45) is 0 Å². The van der Waals surface area contributed by atoms with E-state index in [1.54, 1.807) is 0 Å². The molecule has 1 N–H and O–H groups in total. The summed E-state index contributed by atoms with van der Waals surface area (Å²) in [4.78, 5) is 27.0. The molecule has 1 aromatic carbocycles. The molecule has 1 aliphatic heterocycles. The van der Waals surface area contributed by atoms with Crippen molar-refractivity contribution in [3.05, 3.63) is 29.3 Å². The second-order valence-corrected chi connectivity index (χ2v) is 6.00. The van der Waals surface area contributed by atoms with Gasteiger partial charge in [-0.3, -0.25) is 9.59 Å². The molecule has 2 rings (SSSR count). The highest BCUT2D eigenvalue weighted by Gasteiger charge is 2.17. The first-order chi connectivity index (χ1) is 10.6. The summed E-state index contributed by atoms with van der Waals surface area (Å²) in [6, 6.07) is 5.81. The van der Waals surface area contributed by atoms with Crippen molar-refractivity contribution in [2.75, 3.05) is 45.2 Å². The van der Waals surface area contributed by atoms with Gasteiger partial charge < -0.3 is 15.1 Å². The number of benzene rings is 1. The number of aryl methyl sites for hydroxylation is 1. The summed E-state index contributed by atoms with van der Waals surface area (Å²) < 4.78 is 0. The van der Waals surface area contributed by atoms with E-state index in [1.807, 2.05) is 37.2 Å².